The van der Waals surface area contributed by atoms with Crippen molar-refractivity contribution in [2.75, 3.05) is 5.32 Å². The predicted molar refractivity (Wildman–Crippen MR) is 98.3 cm³/mol. The number of aromatic nitrogens is 2. The summed E-state index contributed by atoms with van der Waals surface area (Å²) >= 11 is 0. The second-order valence-electron chi connectivity index (χ2n) is 6.13. The van der Waals surface area contributed by atoms with Crippen LogP contribution in [0.2, 0.25) is 0 Å². The molecule has 6 nitrogen and oxygen atoms in total. The lowest BCUT2D eigenvalue weighted by atomic mass is 10.1. The van der Waals surface area contributed by atoms with E-state index in [0.29, 0.717) is 18.0 Å². The highest BCUT2D eigenvalue weighted by Crippen LogP contribution is 2.17. The van der Waals surface area contributed by atoms with Gasteiger partial charge in [-0.2, -0.15) is 0 Å². The molecular weight excluding hydrogens is 330 g/mol. The monoisotopic (exact) mass is 351 g/mol. The molecule has 0 fully saturated rings. The summed E-state index contributed by atoms with van der Waals surface area (Å²) in [5.74, 6) is 0.718. The van der Waals surface area contributed by atoms with Crippen LogP contribution in [0.1, 0.15) is 36.0 Å². The van der Waals surface area contributed by atoms with Crippen LogP contribution in [0.15, 0.2) is 59.0 Å². The number of hydrogen-bond donors (Lipinski definition) is 1. The van der Waals surface area contributed by atoms with Crippen molar-refractivity contribution in [2.45, 2.75) is 32.8 Å². The SMILES string of the molecule is CC(C)Oc1ccc(NC(=O)c2nnc(CCc3ccccc3)o2)cc1. The third-order valence-electron chi connectivity index (χ3n) is 3.62. The Hall–Kier alpha value is -3.15. The third kappa shape index (κ3) is 4.92. The molecule has 1 aromatic heterocycles. The standard InChI is InChI=1S/C20H21N3O3/c1-14(2)25-17-11-9-16(10-12-17)21-19(24)20-23-22-18(26-20)13-8-15-6-4-3-5-7-15/h3-7,9-12,14H,8,13H2,1-2H3,(H,21,24). The molecule has 2 aromatic carbocycles. The van der Waals surface area contributed by atoms with E-state index >= 15 is 0 Å². The summed E-state index contributed by atoms with van der Waals surface area (Å²) < 4.78 is 11.0. The van der Waals surface area contributed by atoms with Gasteiger partial charge in [-0.3, -0.25) is 4.79 Å². The topological polar surface area (TPSA) is 77.2 Å². The van der Waals surface area contributed by atoms with Crippen LogP contribution in [0, 0.1) is 0 Å². The minimum Gasteiger partial charge on any atom is -0.491 e. The number of rotatable bonds is 7. The molecule has 1 N–H and O–H groups in total. The number of nitrogens with zero attached hydrogens (tertiary/aromatic N) is 2. The largest absolute Gasteiger partial charge is 0.491 e. The number of anilines is 1. The summed E-state index contributed by atoms with van der Waals surface area (Å²) in [4.78, 5) is 12.2. The summed E-state index contributed by atoms with van der Waals surface area (Å²) in [5, 5.41) is 10.5. The van der Waals surface area contributed by atoms with E-state index in [4.69, 9.17) is 9.15 Å². The van der Waals surface area contributed by atoms with E-state index in [-0.39, 0.29) is 12.0 Å². The van der Waals surface area contributed by atoms with Gasteiger partial charge in [-0.1, -0.05) is 30.3 Å². The van der Waals surface area contributed by atoms with E-state index in [2.05, 4.69) is 15.5 Å². The molecule has 3 aromatic rings. The number of carbonyl (C=O) groups is 1. The minimum atomic E-state index is -0.430. The molecule has 3 rings (SSSR count). The van der Waals surface area contributed by atoms with Gasteiger partial charge in [-0.15, -0.1) is 10.2 Å². The summed E-state index contributed by atoms with van der Waals surface area (Å²) in [5.41, 5.74) is 1.82. The minimum absolute atomic E-state index is 0.0458. The Kier molecular flexibility index (Phi) is 5.63. The molecule has 0 saturated carbocycles. The summed E-state index contributed by atoms with van der Waals surface area (Å²) in [6, 6.07) is 17.2. The summed E-state index contributed by atoms with van der Waals surface area (Å²) in [6.07, 6.45) is 1.47. The lowest BCUT2D eigenvalue weighted by molar-refractivity contribution is 0.0988. The Morgan fingerprint density at radius 2 is 1.77 bits per heavy atom. The summed E-state index contributed by atoms with van der Waals surface area (Å²) in [6.45, 7) is 3.92. The zero-order chi connectivity index (χ0) is 18.4. The fourth-order valence-electron chi connectivity index (χ4n) is 2.42. The Labute approximate surface area is 152 Å². The maximum Gasteiger partial charge on any atom is 0.313 e. The number of benzene rings is 2. The zero-order valence-corrected chi connectivity index (χ0v) is 14.8. The number of ether oxygens (including phenoxy) is 1. The van der Waals surface area contributed by atoms with Crippen LogP contribution in [-0.4, -0.2) is 22.2 Å². The zero-order valence-electron chi connectivity index (χ0n) is 14.8. The van der Waals surface area contributed by atoms with Gasteiger partial charge in [0.2, 0.25) is 5.89 Å². The Balaban J connectivity index is 1.56. The fourth-order valence-corrected chi connectivity index (χ4v) is 2.42. The van der Waals surface area contributed by atoms with Crippen LogP contribution in [0.5, 0.6) is 5.75 Å². The first-order valence-electron chi connectivity index (χ1n) is 8.54. The highest BCUT2D eigenvalue weighted by molar-refractivity contribution is 6.00. The molecule has 0 radical (unpaired) electrons. The van der Waals surface area contributed by atoms with E-state index in [1.165, 1.54) is 5.56 Å². The molecule has 0 atom stereocenters. The van der Waals surface area contributed by atoms with Crippen molar-refractivity contribution in [2.24, 2.45) is 0 Å². The molecular formula is C20H21N3O3. The van der Waals surface area contributed by atoms with Gasteiger partial charge in [0, 0.05) is 12.1 Å². The van der Waals surface area contributed by atoms with Crippen molar-refractivity contribution in [3.63, 3.8) is 0 Å². The van der Waals surface area contributed by atoms with Crippen LogP contribution in [0.4, 0.5) is 5.69 Å². The molecule has 6 heteroatoms. The summed E-state index contributed by atoms with van der Waals surface area (Å²) in [7, 11) is 0. The molecule has 1 heterocycles. The molecule has 0 unspecified atom stereocenters. The average molecular weight is 351 g/mol. The van der Waals surface area contributed by atoms with Gasteiger partial charge in [0.05, 0.1) is 6.10 Å². The third-order valence-corrected chi connectivity index (χ3v) is 3.62. The van der Waals surface area contributed by atoms with Crippen molar-refractivity contribution >= 4 is 11.6 Å². The van der Waals surface area contributed by atoms with Gasteiger partial charge in [0.25, 0.3) is 0 Å². The van der Waals surface area contributed by atoms with E-state index in [9.17, 15) is 4.79 Å². The van der Waals surface area contributed by atoms with Crippen molar-refractivity contribution < 1.29 is 13.9 Å². The normalized spacial score (nSPS) is 10.7. The van der Waals surface area contributed by atoms with Crippen molar-refractivity contribution in [3.8, 4) is 5.75 Å². The highest BCUT2D eigenvalue weighted by Gasteiger charge is 2.15. The Morgan fingerprint density at radius 1 is 1.04 bits per heavy atom. The highest BCUT2D eigenvalue weighted by atomic mass is 16.5. The van der Waals surface area contributed by atoms with E-state index in [1.807, 2.05) is 44.2 Å². The second kappa shape index (κ2) is 8.29. The number of amides is 1. The smallest absolute Gasteiger partial charge is 0.313 e. The quantitative estimate of drug-likeness (QED) is 0.699. The van der Waals surface area contributed by atoms with Crippen LogP contribution >= 0.6 is 0 Å². The van der Waals surface area contributed by atoms with Gasteiger partial charge in [0.15, 0.2) is 0 Å². The van der Waals surface area contributed by atoms with Crippen molar-refractivity contribution in [3.05, 3.63) is 71.9 Å². The molecule has 0 bridgehead atoms. The first-order chi connectivity index (χ1) is 12.6. The van der Waals surface area contributed by atoms with Gasteiger partial charge >= 0.3 is 11.8 Å². The molecule has 0 aliphatic rings. The number of carbonyl (C=O) groups excluding carboxylic acids is 1. The lowest BCUT2D eigenvalue weighted by Gasteiger charge is -2.10. The van der Waals surface area contributed by atoms with Crippen LogP contribution in [-0.2, 0) is 12.8 Å². The second-order valence-corrected chi connectivity index (χ2v) is 6.13. The lowest BCUT2D eigenvalue weighted by Crippen LogP contribution is -2.12. The first-order valence-corrected chi connectivity index (χ1v) is 8.54. The van der Waals surface area contributed by atoms with E-state index < -0.39 is 5.91 Å². The number of nitrogens with one attached hydrogen (secondary N) is 1. The predicted octanol–water partition coefficient (Wildman–Crippen LogP) is 3.89. The molecule has 0 saturated heterocycles. The van der Waals surface area contributed by atoms with Crippen LogP contribution < -0.4 is 10.1 Å². The van der Waals surface area contributed by atoms with E-state index in [1.54, 1.807) is 24.3 Å². The average Bonchev–Trinajstić information content (AvgIpc) is 3.11. The maximum absolute atomic E-state index is 12.2. The number of aryl methyl sites for hydroxylation is 2. The molecule has 134 valence electrons. The van der Waals surface area contributed by atoms with Gasteiger partial charge < -0.3 is 14.5 Å². The van der Waals surface area contributed by atoms with Gasteiger partial charge in [-0.25, -0.2) is 0 Å². The molecule has 0 aliphatic carbocycles. The van der Waals surface area contributed by atoms with Crippen molar-refractivity contribution in [1.82, 2.24) is 10.2 Å². The van der Waals surface area contributed by atoms with Crippen molar-refractivity contribution in [1.29, 1.82) is 0 Å². The van der Waals surface area contributed by atoms with Gasteiger partial charge in [-0.05, 0) is 50.1 Å². The van der Waals surface area contributed by atoms with Crippen LogP contribution in [0.3, 0.4) is 0 Å². The number of hydrogen-bond acceptors (Lipinski definition) is 5. The maximum atomic E-state index is 12.2. The molecule has 0 aliphatic heterocycles. The first kappa shape index (κ1) is 17.7. The van der Waals surface area contributed by atoms with Crippen LogP contribution in [0.25, 0.3) is 0 Å². The molecule has 0 spiro atoms. The fraction of sp³-hybridized carbons (Fsp3) is 0.250. The Morgan fingerprint density at radius 3 is 2.46 bits per heavy atom. The molecule has 1 amide bonds. The Bertz CT molecular complexity index is 842. The molecule has 26 heavy (non-hydrogen) atoms. The van der Waals surface area contributed by atoms with E-state index in [0.717, 1.165) is 12.2 Å². The van der Waals surface area contributed by atoms with Gasteiger partial charge in [0.1, 0.15) is 5.75 Å².